The Morgan fingerprint density at radius 1 is 1.13 bits per heavy atom. The van der Waals surface area contributed by atoms with Crippen molar-refractivity contribution < 1.29 is 0 Å². The van der Waals surface area contributed by atoms with Crippen LogP contribution in [0, 0.1) is 13.8 Å². The van der Waals surface area contributed by atoms with Crippen LogP contribution in [0.5, 0.6) is 0 Å². The number of nitrogens with zero attached hydrogens (tertiary/aromatic N) is 3. The summed E-state index contributed by atoms with van der Waals surface area (Å²) in [6, 6.07) is 13.9. The lowest BCUT2D eigenvalue weighted by atomic mass is 10.1. The SMILES string of the molecule is Cc1ccc(C)c(CSc2nnc(-c3ccccc3Cl)n2N)c1. The van der Waals surface area contributed by atoms with Crippen LogP contribution in [0.4, 0.5) is 0 Å². The minimum absolute atomic E-state index is 0.569. The van der Waals surface area contributed by atoms with Gasteiger partial charge in [0.2, 0.25) is 5.16 Å². The topological polar surface area (TPSA) is 56.7 Å². The molecule has 0 aliphatic carbocycles. The molecule has 3 aromatic rings. The van der Waals surface area contributed by atoms with Gasteiger partial charge in [0.15, 0.2) is 5.82 Å². The highest BCUT2D eigenvalue weighted by Crippen LogP contribution is 2.29. The van der Waals surface area contributed by atoms with Gasteiger partial charge in [0.1, 0.15) is 0 Å². The summed E-state index contributed by atoms with van der Waals surface area (Å²) in [6.45, 7) is 4.20. The lowest BCUT2D eigenvalue weighted by Gasteiger charge is -2.07. The molecule has 0 saturated carbocycles. The Bertz CT molecular complexity index is 844. The zero-order valence-corrected chi connectivity index (χ0v) is 14.5. The molecule has 0 fully saturated rings. The van der Waals surface area contributed by atoms with E-state index in [0.29, 0.717) is 16.0 Å². The van der Waals surface area contributed by atoms with Gasteiger partial charge in [-0.25, -0.2) is 4.68 Å². The number of nitrogens with two attached hydrogens (primary N) is 1. The molecule has 0 saturated heterocycles. The third kappa shape index (κ3) is 3.35. The van der Waals surface area contributed by atoms with E-state index < -0.39 is 0 Å². The lowest BCUT2D eigenvalue weighted by molar-refractivity contribution is 0.849. The van der Waals surface area contributed by atoms with Crippen molar-refractivity contribution in [1.82, 2.24) is 14.9 Å². The second kappa shape index (κ2) is 6.64. The van der Waals surface area contributed by atoms with E-state index in [0.717, 1.165) is 11.3 Å². The molecule has 0 unspecified atom stereocenters. The molecule has 3 rings (SSSR count). The molecule has 118 valence electrons. The Morgan fingerprint density at radius 3 is 2.70 bits per heavy atom. The molecule has 0 bridgehead atoms. The number of aromatic nitrogens is 3. The van der Waals surface area contributed by atoms with Crippen molar-refractivity contribution in [1.29, 1.82) is 0 Å². The van der Waals surface area contributed by atoms with Gasteiger partial charge in [-0.05, 0) is 37.1 Å². The molecule has 0 amide bonds. The van der Waals surface area contributed by atoms with E-state index in [9.17, 15) is 0 Å². The van der Waals surface area contributed by atoms with Crippen LogP contribution >= 0.6 is 23.4 Å². The second-order valence-electron chi connectivity index (χ2n) is 5.37. The number of hydrogen-bond donors (Lipinski definition) is 1. The molecule has 2 N–H and O–H groups in total. The van der Waals surface area contributed by atoms with E-state index in [-0.39, 0.29) is 0 Å². The molecule has 6 heteroatoms. The van der Waals surface area contributed by atoms with Crippen LogP contribution in [0.3, 0.4) is 0 Å². The monoisotopic (exact) mass is 344 g/mol. The molecule has 1 aromatic heterocycles. The van der Waals surface area contributed by atoms with Crippen molar-refractivity contribution in [2.24, 2.45) is 0 Å². The number of nitrogen functional groups attached to an aromatic ring is 1. The van der Waals surface area contributed by atoms with Gasteiger partial charge in [-0.15, -0.1) is 10.2 Å². The summed E-state index contributed by atoms with van der Waals surface area (Å²) in [5.41, 5.74) is 4.56. The first-order chi connectivity index (χ1) is 11.1. The molecule has 2 aromatic carbocycles. The molecule has 0 spiro atoms. The molecule has 1 heterocycles. The van der Waals surface area contributed by atoms with Crippen molar-refractivity contribution in [3.63, 3.8) is 0 Å². The van der Waals surface area contributed by atoms with Crippen LogP contribution in [0.25, 0.3) is 11.4 Å². The first kappa shape index (κ1) is 15.9. The predicted molar refractivity (Wildman–Crippen MR) is 96.1 cm³/mol. The average molecular weight is 345 g/mol. The van der Waals surface area contributed by atoms with Gasteiger partial charge < -0.3 is 5.84 Å². The summed E-state index contributed by atoms with van der Waals surface area (Å²) < 4.78 is 1.50. The van der Waals surface area contributed by atoms with E-state index in [1.807, 2.05) is 24.3 Å². The third-order valence-electron chi connectivity index (χ3n) is 3.64. The van der Waals surface area contributed by atoms with E-state index in [2.05, 4.69) is 42.2 Å². The Hall–Kier alpha value is -1.98. The van der Waals surface area contributed by atoms with Gasteiger partial charge in [0.05, 0.1) is 5.02 Å². The van der Waals surface area contributed by atoms with Crippen molar-refractivity contribution in [3.8, 4) is 11.4 Å². The first-order valence-electron chi connectivity index (χ1n) is 7.20. The zero-order valence-electron chi connectivity index (χ0n) is 13.0. The fourth-order valence-corrected chi connectivity index (χ4v) is 3.44. The Balaban J connectivity index is 1.83. The summed E-state index contributed by atoms with van der Waals surface area (Å²) in [4.78, 5) is 0. The first-order valence-corrected chi connectivity index (χ1v) is 8.57. The largest absolute Gasteiger partial charge is 0.335 e. The minimum Gasteiger partial charge on any atom is -0.335 e. The fraction of sp³-hybridized carbons (Fsp3) is 0.176. The van der Waals surface area contributed by atoms with Gasteiger partial charge in [0, 0.05) is 11.3 Å². The summed E-state index contributed by atoms with van der Waals surface area (Å²) in [5, 5.41) is 9.65. The molecule has 23 heavy (non-hydrogen) atoms. The Labute approximate surface area is 144 Å². The summed E-state index contributed by atoms with van der Waals surface area (Å²) in [5.74, 6) is 7.51. The molecule has 0 aliphatic rings. The average Bonchev–Trinajstić information content (AvgIpc) is 2.90. The fourth-order valence-electron chi connectivity index (χ4n) is 2.30. The normalized spacial score (nSPS) is 10.9. The quantitative estimate of drug-likeness (QED) is 0.568. The van der Waals surface area contributed by atoms with Gasteiger partial charge in [-0.3, -0.25) is 0 Å². The Kier molecular flexibility index (Phi) is 4.59. The number of hydrogen-bond acceptors (Lipinski definition) is 4. The molecular formula is C17H17ClN4S. The van der Waals surface area contributed by atoms with Crippen LogP contribution in [-0.4, -0.2) is 14.9 Å². The van der Waals surface area contributed by atoms with Crippen LogP contribution in [0.2, 0.25) is 5.02 Å². The highest BCUT2D eigenvalue weighted by molar-refractivity contribution is 7.98. The maximum atomic E-state index is 6.21. The van der Waals surface area contributed by atoms with Crippen molar-refractivity contribution in [2.75, 3.05) is 5.84 Å². The van der Waals surface area contributed by atoms with E-state index in [4.69, 9.17) is 17.4 Å². The number of rotatable bonds is 4. The number of aryl methyl sites for hydroxylation is 2. The lowest BCUT2D eigenvalue weighted by Crippen LogP contribution is -2.11. The van der Waals surface area contributed by atoms with E-state index in [1.165, 1.54) is 21.4 Å². The van der Waals surface area contributed by atoms with E-state index in [1.54, 1.807) is 11.8 Å². The third-order valence-corrected chi connectivity index (χ3v) is 4.96. The number of halogens is 1. The number of benzene rings is 2. The summed E-state index contributed by atoms with van der Waals surface area (Å²) >= 11 is 7.77. The predicted octanol–water partition coefficient (Wildman–Crippen LogP) is 4.22. The smallest absolute Gasteiger partial charge is 0.210 e. The molecule has 0 atom stereocenters. The minimum atomic E-state index is 0.569. The van der Waals surface area contributed by atoms with Gasteiger partial charge >= 0.3 is 0 Å². The van der Waals surface area contributed by atoms with Crippen LogP contribution < -0.4 is 5.84 Å². The van der Waals surface area contributed by atoms with Gasteiger partial charge in [-0.1, -0.05) is 59.3 Å². The van der Waals surface area contributed by atoms with Gasteiger partial charge in [-0.2, -0.15) is 0 Å². The second-order valence-corrected chi connectivity index (χ2v) is 6.72. The molecule has 4 nitrogen and oxygen atoms in total. The van der Waals surface area contributed by atoms with Crippen molar-refractivity contribution in [3.05, 3.63) is 64.2 Å². The van der Waals surface area contributed by atoms with Crippen molar-refractivity contribution in [2.45, 2.75) is 24.8 Å². The highest BCUT2D eigenvalue weighted by Gasteiger charge is 2.14. The van der Waals surface area contributed by atoms with Crippen LogP contribution in [0.1, 0.15) is 16.7 Å². The Morgan fingerprint density at radius 2 is 1.91 bits per heavy atom. The summed E-state index contributed by atoms with van der Waals surface area (Å²) in [6.07, 6.45) is 0. The highest BCUT2D eigenvalue weighted by atomic mass is 35.5. The van der Waals surface area contributed by atoms with Crippen molar-refractivity contribution >= 4 is 23.4 Å². The van der Waals surface area contributed by atoms with Crippen LogP contribution in [-0.2, 0) is 5.75 Å². The zero-order chi connectivity index (χ0) is 16.4. The standard InChI is InChI=1S/C17H17ClN4S/c1-11-7-8-12(2)13(9-11)10-23-17-21-20-16(22(17)19)14-5-3-4-6-15(14)18/h3-9H,10,19H2,1-2H3. The maximum Gasteiger partial charge on any atom is 0.210 e. The van der Waals surface area contributed by atoms with Gasteiger partial charge in [0.25, 0.3) is 0 Å². The molecule has 0 aliphatic heterocycles. The summed E-state index contributed by atoms with van der Waals surface area (Å²) in [7, 11) is 0. The van der Waals surface area contributed by atoms with Crippen LogP contribution in [0.15, 0.2) is 47.6 Å². The van der Waals surface area contributed by atoms with E-state index >= 15 is 0 Å². The molecule has 0 radical (unpaired) electrons. The maximum absolute atomic E-state index is 6.21. The number of thioether (sulfide) groups is 1. The molecular weight excluding hydrogens is 328 g/mol.